The smallest absolute Gasteiger partial charge is 0.0516 e. The molecule has 2 rings (SSSR count). The minimum absolute atomic E-state index is 0.720. The minimum Gasteiger partial charge on any atom is -0.309 e. The normalized spacial score (nSPS) is 18.6. The van der Waals surface area contributed by atoms with E-state index in [0.29, 0.717) is 0 Å². The first-order chi connectivity index (χ1) is 6.84. The highest BCUT2D eigenvalue weighted by molar-refractivity contribution is 7.99. The van der Waals surface area contributed by atoms with E-state index in [1.807, 2.05) is 5.38 Å². The number of hydrogen-bond donors (Lipinski definition) is 1. The molecule has 1 aromatic heterocycles. The average Bonchev–Trinajstić information content (AvgIpc) is 2.63. The molecule has 0 radical (unpaired) electrons. The third-order valence-corrected chi connectivity index (χ3v) is 4.74. The lowest BCUT2D eigenvalue weighted by Gasteiger charge is -2.22. The van der Waals surface area contributed by atoms with Crippen LogP contribution in [0.4, 0.5) is 0 Å². The van der Waals surface area contributed by atoms with Gasteiger partial charge in [0.05, 0.1) is 5.02 Å². The van der Waals surface area contributed by atoms with Crippen LogP contribution < -0.4 is 5.32 Å². The number of hydrogen-bond acceptors (Lipinski definition) is 3. The Labute approximate surface area is 98.2 Å². The Balaban J connectivity index is 1.76. The topological polar surface area (TPSA) is 12.0 Å². The molecule has 0 saturated carbocycles. The highest BCUT2D eigenvalue weighted by Crippen LogP contribution is 2.21. The van der Waals surface area contributed by atoms with Gasteiger partial charge in [0.15, 0.2) is 0 Å². The maximum Gasteiger partial charge on any atom is 0.0516 e. The van der Waals surface area contributed by atoms with Crippen LogP contribution in [0.25, 0.3) is 0 Å². The summed E-state index contributed by atoms with van der Waals surface area (Å²) < 4.78 is 0. The van der Waals surface area contributed by atoms with Crippen molar-refractivity contribution in [3.05, 3.63) is 21.3 Å². The van der Waals surface area contributed by atoms with Gasteiger partial charge in [-0.15, -0.1) is 11.3 Å². The third kappa shape index (κ3) is 3.16. The van der Waals surface area contributed by atoms with E-state index in [2.05, 4.69) is 23.1 Å². The second-order valence-electron chi connectivity index (χ2n) is 3.50. The van der Waals surface area contributed by atoms with E-state index in [-0.39, 0.29) is 0 Å². The molecule has 0 aliphatic carbocycles. The highest BCUT2D eigenvalue weighted by Gasteiger charge is 2.12. The Hall–Kier alpha value is 0.300. The molecular weight excluding hydrogens is 234 g/mol. The SMILES string of the molecule is Clc1csc(CNC2CCSCC2)c1. The van der Waals surface area contributed by atoms with Crippen molar-refractivity contribution < 1.29 is 0 Å². The summed E-state index contributed by atoms with van der Waals surface area (Å²) in [5.74, 6) is 2.62. The molecule has 0 aromatic carbocycles. The number of nitrogens with one attached hydrogen (secondary N) is 1. The second-order valence-corrected chi connectivity index (χ2v) is 6.16. The molecule has 1 N–H and O–H groups in total. The summed E-state index contributed by atoms with van der Waals surface area (Å²) in [5.41, 5.74) is 0. The maximum absolute atomic E-state index is 5.86. The molecule has 1 saturated heterocycles. The molecule has 1 fully saturated rings. The molecule has 1 aliphatic heterocycles. The van der Waals surface area contributed by atoms with Gasteiger partial charge < -0.3 is 5.32 Å². The van der Waals surface area contributed by atoms with Gasteiger partial charge in [-0.1, -0.05) is 11.6 Å². The lowest BCUT2D eigenvalue weighted by Crippen LogP contribution is -2.31. The van der Waals surface area contributed by atoms with Crippen molar-refractivity contribution >= 4 is 34.7 Å². The van der Waals surface area contributed by atoms with E-state index in [0.717, 1.165) is 17.6 Å². The summed E-state index contributed by atoms with van der Waals surface area (Å²) in [7, 11) is 0. The fourth-order valence-corrected chi connectivity index (χ4v) is 3.72. The summed E-state index contributed by atoms with van der Waals surface area (Å²) in [6, 6.07) is 2.77. The van der Waals surface area contributed by atoms with Gasteiger partial charge in [-0.3, -0.25) is 0 Å². The Kier molecular flexibility index (Phi) is 4.17. The summed E-state index contributed by atoms with van der Waals surface area (Å²) in [4.78, 5) is 1.34. The predicted molar refractivity (Wildman–Crippen MR) is 66.5 cm³/mol. The van der Waals surface area contributed by atoms with E-state index in [1.165, 1.54) is 29.2 Å². The Morgan fingerprint density at radius 1 is 1.43 bits per heavy atom. The van der Waals surface area contributed by atoms with Gasteiger partial charge in [0.1, 0.15) is 0 Å². The van der Waals surface area contributed by atoms with E-state index in [4.69, 9.17) is 11.6 Å². The third-order valence-electron chi connectivity index (χ3n) is 2.41. The van der Waals surface area contributed by atoms with Crippen molar-refractivity contribution in [2.75, 3.05) is 11.5 Å². The van der Waals surface area contributed by atoms with Crippen LogP contribution >= 0.6 is 34.7 Å². The molecule has 78 valence electrons. The molecule has 0 unspecified atom stereocenters. The van der Waals surface area contributed by atoms with E-state index < -0.39 is 0 Å². The van der Waals surface area contributed by atoms with Crippen molar-refractivity contribution in [2.24, 2.45) is 0 Å². The number of thiophene rings is 1. The fraction of sp³-hybridized carbons (Fsp3) is 0.600. The molecule has 2 heterocycles. The summed E-state index contributed by atoms with van der Waals surface area (Å²) >= 11 is 9.67. The average molecular weight is 248 g/mol. The van der Waals surface area contributed by atoms with Gasteiger partial charge in [0, 0.05) is 22.8 Å². The van der Waals surface area contributed by atoms with Crippen LogP contribution in [0.2, 0.25) is 5.02 Å². The molecule has 14 heavy (non-hydrogen) atoms. The number of thioether (sulfide) groups is 1. The molecule has 0 spiro atoms. The van der Waals surface area contributed by atoms with Gasteiger partial charge in [-0.25, -0.2) is 0 Å². The molecule has 1 aromatic rings. The van der Waals surface area contributed by atoms with Crippen LogP contribution in [0.5, 0.6) is 0 Å². The fourth-order valence-electron chi connectivity index (χ4n) is 1.59. The first-order valence-corrected chi connectivity index (χ1v) is 7.30. The van der Waals surface area contributed by atoms with Crippen LogP contribution in [0.1, 0.15) is 17.7 Å². The summed E-state index contributed by atoms with van der Waals surface area (Å²) in [5, 5.41) is 6.45. The van der Waals surface area contributed by atoms with Crippen molar-refractivity contribution in [2.45, 2.75) is 25.4 Å². The second kappa shape index (κ2) is 5.40. The zero-order valence-electron chi connectivity index (χ0n) is 7.96. The van der Waals surface area contributed by atoms with Crippen molar-refractivity contribution in [3.63, 3.8) is 0 Å². The Morgan fingerprint density at radius 2 is 2.21 bits per heavy atom. The quantitative estimate of drug-likeness (QED) is 0.879. The highest BCUT2D eigenvalue weighted by atomic mass is 35.5. The van der Waals surface area contributed by atoms with Crippen molar-refractivity contribution in [1.29, 1.82) is 0 Å². The maximum atomic E-state index is 5.86. The lowest BCUT2D eigenvalue weighted by atomic mass is 10.1. The van der Waals surface area contributed by atoms with Gasteiger partial charge in [-0.05, 0) is 30.4 Å². The van der Waals surface area contributed by atoms with Crippen LogP contribution in [-0.4, -0.2) is 17.5 Å². The van der Waals surface area contributed by atoms with Gasteiger partial charge in [0.25, 0.3) is 0 Å². The van der Waals surface area contributed by atoms with E-state index >= 15 is 0 Å². The van der Waals surface area contributed by atoms with Crippen LogP contribution in [0.3, 0.4) is 0 Å². The van der Waals surface area contributed by atoms with Gasteiger partial charge >= 0.3 is 0 Å². The molecule has 1 nitrogen and oxygen atoms in total. The molecule has 1 aliphatic rings. The van der Waals surface area contributed by atoms with Crippen molar-refractivity contribution in [1.82, 2.24) is 5.32 Å². The first-order valence-electron chi connectivity index (χ1n) is 4.88. The zero-order valence-corrected chi connectivity index (χ0v) is 10.4. The Bertz CT molecular complexity index is 281. The number of rotatable bonds is 3. The number of halogens is 1. The summed E-state index contributed by atoms with van der Waals surface area (Å²) in [6.45, 7) is 0.979. The van der Waals surface area contributed by atoms with E-state index in [9.17, 15) is 0 Å². The lowest BCUT2D eigenvalue weighted by molar-refractivity contribution is 0.484. The van der Waals surface area contributed by atoms with Crippen LogP contribution in [0, 0.1) is 0 Å². The standard InChI is InChI=1S/C10H14ClNS2/c11-8-5-10(14-7-8)6-12-9-1-3-13-4-2-9/h5,7,9,12H,1-4,6H2. The van der Waals surface area contributed by atoms with E-state index in [1.54, 1.807) is 11.3 Å². The minimum atomic E-state index is 0.720. The molecule has 4 heteroatoms. The van der Waals surface area contributed by atoms with Gasteiger partial charge in [-0.2, -0.15) is 11.8 Å². The monoisotopic (exact) mass is 247 g/mol. The summed E-state index contributed by atoms with van der Waals surface area (Å²) in [6.07, 6.45) is 2.62. The largest absolute Gasteiger partial charge is 0.309 e. The van der Waals surface area contributed by atoms with Crippen molar-refractivity contribution in [3.8, 4) is 0 Å². The zero-order chi connectivity index (χ0) is 9.80. The predicted octanol–water partition coefficient (Wildman–Crippen LogP) is 3.39. The Morgan fingerprint density at radius 3 is 2.86 bits per heavy atom. The first kappa shape index (κ1) is 10.8. The van der Waals surface area contributed by atoms with Gasteiger partial charge in [0.2, 0.25) is 0 Å². The van der Waals surface area contributed by atoms with Crippen LogP contribution in [0.15, 0.2) is 11.4 Å². The van der Waals surface area contributed by atoms with Crippen LogP contribution in [-0.2, 0) is 6.54 Å². The molecule has 0 atom stereocenters. The molecule has 0 amide bonds. The molecular formula is C10H14ClNS2. The molecule has 0 bridgehead atoms.